The van der Waals surface area contributed by atoms with Crippen molar-refractivity contribution in [1.29, 1.82) is 0 Å². The Morgan fingerprint density at radius 3 is 1.48 bits per heavy atom. The summed E-state index contributed by atoms with van der Waals surface area (Å²) < 4.78 is 39.7. The first-order valence-corrected chi connectivity index (χ1v) is 19.9. The third-order valence-corrected chi connectivity index (χ3v) is 11.2. The van der Waals surface area contributed by atoms with Crippen LogP contribution in [-0.2, 0) is 25.7 Å². The van der Waals surface area contributed by atoms with Crippen molar-refractivity contribution in [1.82, 2.24) is 20.6 Å². The lowest BCUT2D eigenvalue weighted by atomic mass is 9.88. The van der Waals surface area contributed by atoms with E-state index in [9.17, 15) is 28.6 Å². The standard InChI is InChI=1S/2C24H23FN2O3/c2*1-30-22-4-2-3-20(25)23(22)16-5-7-18-15(13-16)9-12-27-21(18)8-6-17-14-26-11-10-19(17)24(28)29/h2*2-5,7,10-11,13-14,21,27H,6,8-9,12H2,1H3,(H,28,29)/t2*21-/m10/s1. The highest BCUT2D eigenvalue weighted by Crippen LogP contribution is 2.38. The van der Waals surface area contributed by atoms with Crippen molar-refractivity contribution >= 4 is 11.9 Å². The number of pyridine rings is 2. The average molecular weight is 813 g/mol. The minimum absolute atomic E-state index is 0.104. The Balaban J connectivity index is 0.000000181. The Labute approximate surface area is 347 Å². The predicted octanol–water partition coefficient (Wildman–Crippen LogP) is 8.83. The fourth-order valence-electron chi connectivity index (χ4n) is 8.31. The minimum atomic E-state index is -0.937. The van der Waals surface area contributed by atoms with E-state index in [0.717, 1.165) is 61.0 Å². The van der Waals surface area contributed by atoms with Gasteiger partial charge in [-0.1, -0.05) is 48.5 Å². The average Bonchev–Trinajstić information content (AvgIpc) is 3.27. The molecule has 8 rings (SSSR count). The van der Waals surface area contributed by atoms with Gasteiger partial charge in [-0.05, 0) is 133 Å². The number of carbonyl (C=O) groups is 2. The number of nitrogens with one attached hydrogen (secondary N) is 2. The zero-order valence-electron chi connectivity index (χ0n) is 33.4. The Morgan fingerprint density at radius 1 is 0.650 bits per heavy atom. The van der Waals surface area contributed by atoms with Gasteiger partial charge in [0.1, 0.15) is 23.1 Å². The molecule has 6 aromatic rings. The molecule has 0 fully saturated rings. The van der Waals surface area contributed by atoms with E-state index in [1.54, 1.807) is 50.9 Å². The second-order valence-electron chi connectivity index (χ2n) is 14.7. The molecule has 2 aliphatic rings. The first kappa shape index (κ1) is 41.7. The first-order valence-electron chi connectivity index (χ1n) is 19.9. The fraction of sp³-hybridized carbons (Fsp3) is 0.250. The number of rotatable bonds is 12. The molecule has 2 aliphatic heterocycles. The Bertz CT molecular complexity index is 2340. The van der Waals surface area contributed by atoms with Gasteiger partial charge in [0.25, 0.3) is 0 Å². The molecule has 0 saturated heterocycles. The number of carboxylic acid groups (broad SMARTS) is 2. The van der Waals surface area contributed by atoms with E-state index < -0.39 is 11.9 Å². The van der Waals surface area contributed by atoms with Crippen molar-refractivity contribution in [3.05, 3.63) is 166 Å². The lowest BCUT2D eigenvalue weighted by Crippen LogP contribution is -2.30. The summed E-state index contributed by atoms with van der Waals surface area (Å²) in [6, 6.07) is 25.0. The Hall–Kier alpha value is -6.50. The summed E-state index contributed by atoms with van der Waals surface area (Å²) in [7, 11) is 3.08. The maximum Gasteiger partial charge on any atom is 0.336 e. The molecule has 60 heavy (non-hydrogen) atoms. The van der Waals surface area contributed by atoms with Gasteiger partial charge in [-0.15, -0.1) is 0 Å². The van der Waals surface area contributed by atoms with Crippen LogP contribution in [0.4, 0.5) is 8.78 Å². The molecule has 2 atom stereocenters. The van der Waals surface area contributed by atoms with Gasteiger partial charge in [-0.2, -0.15) is 0 Å². The maximum atomic E-state index is 14.5. The van der Waals surface area contributed by atoms with Crippen LogP contribution in [-0.4, -0.2) is 59.4 Å². The van der Waals surface area contributed by atoms with Crippen LogP contribution in [0.5, 0.6) is 11.5 Å². The number of carboxylic acids is 2. The maximum absolute atomic E-state index is 14.5. The second-order valence-corrected chi connectivity index (χ2v) is 14.7. The van der Waals surface area contributed by atoms with Crippen LogP contribution in [0.15, 0.2) is 110 Å². The van der Waals surface area contributed by atoms with Crippen LogP contribution in [0.25, 0.3) is 22.3 Å². The summed E-state index contributed by atoms with van der Waals surface area (Å²) in [5.41, 5.74) is 9.26. The lowest BCUT2D eigenvalue weighted by molar-refractivity contribution is 0.0684. The van der Waals surface area contributed by atoms with Crippen LogP contribution in [0.2, 0.25) is 0 Å². The van der Waals surface area contributed by atoms with E-state index in [-0.39, 0.29) is 23.7 Å². The van der Waals surface area contributed by atoms with Crippen molar-refractivity contribution in [2.45, 2.75) is 50.6 Å². The van der Waals surface area contributed by atoms with E-state index in [0.29, 0.717) is 46.6 Å². The number of ether oxygens (including phenoxy) is 2. The van der Waals surface area contributed by atoms with Crippen LogP contribution in [0.1, 0.15) is 79.0 Å². The van der Waals surface area contributed by atoms with E-state index in [1.165, 1.54) is 58.9 Å². The SMILES string of the molecule is COc1cccc(F)c1-c1ccc2c(c1)CCN[C@@H]2CCc1cnccc1C(=O)O.COc1cccc(F)c1-c1ccc2c(c1)CCN[C@H]2CCc1cnccc1C(=O)O. The molecule has 4 heterocycles. The summed E-state index contributed by atoms with van der Waals surface area (Å²) in [5.74, 6) is -1.47. The van der Waals surface area contributed by atoms with Crippen molar-refractivity contribution < 1.29 is 38.1 Å². The van der Waals surface area contributed by atoms with E-state index in [1.807, 2.05) is 36.4 Å². The smallest absolute Gasteiger partial charge is 0.336 e. The molecule has 2 aromatic heterocycles. The number of aromatic nitrogens is 2. The summed E-state index contributed by atoms with van der Waals surface area (Å²) in [5, 5.41) is 25.8. The molecule has 0 radical (unpaired) electrons. The number of methoxy groups -OCH3 is 2. The van der Waals surface area contributed by atoms with E-state index in [4.69, 9.17) is 9.47 Å². The summed E-state index contributed by atoms with van der Waals surface area (Å²) in [6.45, 7) is 1.63. The highest BCUT2D eigenvalue weighted by atomic mass is 19.1. The normalized spacial score (nSPS) is 15.5. The van der Waals surface area contributed by atoms with Crippen molar-refractivity contribution in [3.8, 4) is 33.8 Å². The molecule has 4 N–H and O–H groups in total. The summed E-state index contributed by atoms with van der Waals surface area (Å²) in [6.07, 6.45) is 10.7. The van der Waals surface area contributed by atoms with Crippen LogP contribution in [0.3, 0.4) is 0 Å². The Kier molecular flexibility index (Phi) is 13.2. The van der Waals surface area contributed by atoms with Crippen LogP contribution >= 0.6 is 0 Å². The number of hydrogen-bond donors (Lipinski definition) is 4. The molecule has 0 saturated carbocycles. The lowest BCUT2D eigenvalue weighted by Gasteiger charge is -2.28. The molecule has 0 amide bonds. The monoisotopic (exact) mass is 812 g/mol. The summed E-state index contributed by atoms with van der Waals surface area (Å²) in [4.78, 5) is 31.0. The van der Waals surface area contributed by atoms with Crippen molar-refractivity contribution in [3.63, 3.8) is 0 Å². The quantitative estimate of drug-likeness (QED) is 0.0947. The van der Waals surface area contributed by atoms with Gasteiger partial charge in [0.15, 0.2) is 0 Å². The summed E-state index contributed by atoms with van der Waals surface area (Å²) >= 11 is 0. The van der Waals surface area contributed by atoms with E-state index in [2.05, 4.69) is 20.6 Å². The zero-order valence-corrected chi connectivity index (χ0v) is 33.4. The number of aromatic carboxylic acids is 2. The molecular formula is C48H46F2N4O6. The van der Waals surface area contributed by atoms with Gasteiger partial charge in [0.2, 0.25) is 0 Å². The highest BCUT2D eigenvalue weighted by molar-refractivity contribution is 5.89. The number of fused-ring (bicyclic) bond motifs is 2. The van der Waals surface area contributed by atoms with E-state index >= 15 is 0 Å². The molecule has 0 bridgehead atoms. The molecule has 0 aliphatic carbocycles. The predicted molar refractivity (Wildman–Crippen MR) is 225 cm³/mol. The van der Waals surface area contributed by atoms with Crippen molar-refractivity contribution in [2.75, 3.05) is 27.3 Å². The van der Waals surface area contributed by atoms with Gasteiger partial charge in [0.05, 0.1) is 36.5 Å². The minimum Gasteiger partial charge on any atom is -0.496 e. The molecule has 12 heteroatoms. The van der Waals surface area contributed by atoms with Crippen molar-refractivity contribution in [2.24, 2.45) is 0 Å². The molecule has 308 valence electrons. The van der Waals surface area contributed by atoms with Gasteiger partial charge >= 0.3 is 11.9 Å². The molecule has 4 aromatic carbocycles. The van der Waals surface area contributed by atoms with Gasteiger partial charge in [-0.25, -0.2) is 18.4 Å². The zero-order chi connectivity index (χ0) is 42.2. The highest BCUT2D eigenvalue weighted by Gasteiger charge is 2.24. The molecular weight excluding hydrogens is 767 g/mol. The van der Waals surface area contributed by atoms with Crippen LogP contribution in [0, 0.1) is 11.6 Å². The molecule has 0 unspecified atom stereocenters. The van der Waals surface area contributed by atoms with Gasteiger partial charge < -0.3 is 30.3 Å². The van der Waals surface area contributed by atoms with Crippen LogP contribution < -0.4 is 20.1 Å². The molecule has 10 nitrogen and oxygen atoms in total. The third kappa shape index (κ3) is 9.20. The Morgan fingerprint density at radius 2 is 1.08 bits per heavy atom. The van der Waals surface area contributed by atoms with Gasteiger partial charge in [-0.3, -0.25) is 9.97 Å². The number of halogens is 2. The number of aryl methyl sites for hydroxylation is 2. The number of benzene rings is 4. The topological polar surface area (TPSA) is 143 Å². The number of nitrogens with zero attached hydrogens (tertiary/aromatic N) is 2. The molecule has 0 spiro atoms. The first-order chi connectivity index (χ1) is 29.2. The number of hydrogen-bond acceptors (Lipinski definition) is 8. The third-order valence-electron chi connectivity index (χ3n) is 11.2. The fourth-order valence-corrected chi connectivity index (χ4v) is 8.31. The second kappa shape index (κ2) is 19.0. The van der Waals surface area contributed by atoms with Gasteiger partial charge in [0, 0.05) is 36.9 Å². The largest absolute Gasteiger partial charge is 0.496 e.